The van der Waals surface area contributed by atoms with Crippen LogP contribution in [-0.4, -0.2) is 26.9 Å². The number of nitrogens with one attached hydrogen (secondary N) is 1. The number of fused-ring (bicyclic) bond motifs is 1. The van der Waals surface area contributed by atoms with Crippen LogP contribution in [0, 0.1) is 23.2 Å². The first-order valence-corrected chi connectivity index (χ1v) is 11.3. The lowest BCUT2D eigenvalue weighted by molar-refractivity contribution is -0.121. The fraction of sp³-hybridized carbons (Fsp3) is 0.600. The maximum atomic E-state index is 12.5. The Morgan fingerprint density at radius 1 is 1.46 bits per heavy atom. The van der Waals surface area contributed by atoms with Crippen molar-refractivity contribution in [2.24, 2.45) is 11.8 Å². The Balaban J connectivity index is 1.66. The van der Waals surface area contributed by atoms with Crippen LogP contribution < -0.4 is 5.32 Å². The number of rotatable bonds is 6. The van der Waals surface area contributed by atoms with Crippen LogP contribution in [0.15, 0.2) is 15.7 Å². The summed E-state index contributed by atoms with van der Waals surface area (Å²) in [6.07, 6.45) is 3.44. The van der Waals surface area contributed by atoms with Gasteiger partial charge in [-0.15, -0.1) is 21.5 Å². The molecule has 0 aromatic carbocycles. The minimum Gasteiger partial charge on any atom is -0.410 e. The fourth-order valence-electron chi connectivity index (χ4n) is 3.03. The van der Waals surface area contributed by atoms with Crippen LogP contribution >= 0.6 is 23.1 Å². The van der Waals surface area contributed by atoms with Crippen LogP contribution in [0.5, 0.6) is 0 Å². The van der Waals surface area contributed by atoms with E-state index in [2.05, 4.69) is 34.6 Å². The van der Waals surface area contributed by atoms with Crippen LogP contribution in [0.1, 0.15) is 51.5 Å². The van der Waals surface area contributed by atoms with Gasteiger partial charge in [0.2, 0.25) is 5.91 Å². The van der Waals surface area contributed by atoms with Gasteiger partial charge in [0.1, 0.15) is 5.54 Å². The van der Waals surface area contributed by atoms with Crippen LogP contribution in [-0.2, 0) is 17.6 Å². The monoisotopic (exact) mass is 418 g/mol. The van der Waals surface area contributed by atoms with Crippen LogP contribution in [0.4, 0.5) is 0 Å². The smallest absolute Gasteiger partial charge is 0.277 e. The van der Waals surface area contributed by atoms with Gasteiger partial charge in [0.25, 0.3) is 11.1 Å². The number of aromatic nitrogens is 2. The van der Waals surface area contributed by atoms with Gasteiger partial charge in [-0.25, -0.2) is 0 Å². The highest BCUT2D eigenvalue weighted by atomic mass is 32.2. The number of nitrogens with zero attached hydrogens (tertiary/aromatic N) is 3. The molecule has 1 amide bonds. The van der Waals surface area contributed by atoms with Gasteiger partial charge in [0.05, 0.1) is 16.2 Å². The van der Waals surface area contributed by atoms with Gasteiger partial charge in [-0.05, 0) is 56.6 Å². The van der Waals surface area contributed by atoms with Crippen molar-refractivity contribution in [3.8, 4) is 16.8 Å². The predicted octanol–water partition coefficient (Wildman–Crippen LogP) is 4.46. The Hall–Kier alpha value is -1.85. The number of amides is 1. The van der Waals surface area contributed by atoms with Crippen molar-refractivity contribution >= 4 is 29.0 Å². The standard InChI is InChI=1S/C20H26N4O2S2/c1-11(2)20(5,10-21)22-17(25)13(4)27-19-24-23-18(26-19)16-9-14-8-12(3)6-7-15(14)28-16/h9,11-13H,6-8H2,1-5H3,(H,22,25)/t12-,13-,20+/m1/s1. The number of hydrogen-bond acceptors (Lipinski definition) is 7. The van der Waals surface area contributed by atoms with Crippen molar-refractivity contribution in [3.05, 3.63) is 16.5 Å². The number of thiophene rings is 1. The van der Waals surface area contributed by atoms with Gasteiger partial charge in [-0.2, -0.15) is 5.26 Å². The maximum Gasteiger partial charge on any atom is 0.277 e. The Morgan fingerprint density at radius 2 is 2.21 bits per heavy atom. The molecule has 2 heterocycles. The summed E-state index contributed by atoms with van der Waals surface area (Å²) < 4.78 is 5.81. The molecule has 150 valence electrons. The minimum atomic E-state index is -0.904. The Bertz CT molecular complexity index is 898. The summed E-state index contributed by atoms with van der Waals surface area (Å²) in [5.74, 6) is 1.00. The Labute approximate surface area is 174 Å². The molecule has 6 nitrogen and oxygen atoms in total. The molecule has 0 fully saturated rings. The molecule has 1 N–H and O–H groups in total. The predicted molar refractivity (Wildman–Crippen MR) is 111 cm³/mol. The van der Waals surface area contributed by atoms with E-state index in [0.717, 1.165) is 17.7 Å². The SMILES string of the molecule is CC(C)[C@](C)(C#N)NC(=O)[C@@H](C)Sc1nnc(-c2cc3c(s2)CC[C@@H](C)C3)o1. The zero-order valence-electron chi connectivity index (χ0n) is 16.9. The topological polar surface area (TPSA) is 91.8 Å². The molecule has 0 saturated heterocycles. The number of aryl methyl sites for hydroxylation is 1. The number of hydrogen-bond donors (Lipinski definition) is 1. The fourth-order valence-corrected chi connectivity index (χ4v) is 4.84. The third kappa shape index (κ3) is 4.41. The van der Waals surface area contributed by atoms with Crippen molar-refractivity contribution in [2.75, 3.05) is 0 Å². The molecule has 0 saturated carbocycles. The average molecular weight is 419 g/mol. The highest BCUT2D eigenvalue weighted by Crippen LogP contribution is 2.37. The molecule has 1 aliphatic rings. The molecule has 28 heavy (non-hydrogen) atoms. The molecule has 0 bridgehead atoms. The number of carbonyl (C=O) groups is 1. The van der Waals surface area contributed by atoms with E-state index in [1.165, 1.54) is 28.6 Å². The van der Waals surface area contributed by atoms with Crippen molar-refractivity contribution in [3.63, 3.8) is 0 Å². The van der Waals surface area contributed by atoms with E-state index < -0.39 is 10.8 Å². The van der Waals surface area contributed by atoms with E-state index in [4.69, 9.17) is 4.42 Å². The van der Waals surface area contributed by atoms with Gasteiger partial charge in [0, 0.05) is 4.88 Å². The molecule has 3 rings (SSSR count). The highest BCUT2D eigenvalue weighted by Gasteiger charge is 2.32. The van der Waals surface area contributed by atoms with E-state index in [1.54, 1.807) is 25.2 Å². The van der Waals surface area contributed by atoms with E-state index in [-0.39, 0.29) is 11.8 Å². The first-order valence-electron chi connectivity index (χ1n) is 9.57. The molecule has 0 aliphatic heterocycles. The molecule has 0 unspecified atom stereocenters. The molecular formula is C20H26N4O2S2. The third-order valence-electron chi connectivity index (χ3n) is 5.36. The van der Waals surface area contributed by atoms with E-state index in [9.17, 15) is 10.1 Å². The van der Waals surface area contributed by atoms with Gasteiger partial charge in [-0.1, -0.05) is 32.5 Å². The molecule has 2 aromatic rings. The number of carbonyl (C=O) groups excluding carboxylic acids is 1. The second kappa shape index (κ2) is 8.26. The maximum absolute atomic E-state index is 12.5. The van der Waals surface area contributed by atoms with Crippen LogP contribution in [0.25, 0.3) is 10.8 Å². The normalized spacial score (nSPS) is 19.5. The first-order chi connectivity index (χ1) is 13.2. The largest absolute Gasteiger partial charge is 0.410 e. The second-order valence-electron chi connectivity index (χ2n) is 8.00. The molecule has 1 aliphatic carbocycles. The molecule has 0 spiro atoms. The number of thioether (sulfide) groups is 1. The van der Waals surface area contributed by atoms with E-state index in [1.807, 2.05) is 13.8 Å². The average Bonchev–Trinajstić information content (AvgIpc) is 3.27. The van der Waals surface area contributed by atoms with E-state index >= 15 is 0 Å². The minimum absolute atomic E-state index is 0.00115. The molecule has 8 heteroatoms. The van der Waals surface area contributed by atoms with Crippen molar-refractivity contribution in [1.82, 2.24) is 15.5 Å². The summed E-state index contributed by atoms with van der Waals surface area (Å²) in [6, 6.07) is 4.35. The highest BCUT2D eigenvalue weighted by molar-refractivity contribution is 8.00. The van der Waals surface area contributed by atoms with E-state index in [0.29, 0.717) is 17.0 Å². The summed E-state index contributed by atoms with van der Waals surface area (Å²) in [4.78, 5) is 14.9. The van der Waals surface area contributed by atoms with Gasteiger partial charge in [-0.3, -0.25) is 4.79 Å². The van der Waals surface area contributed by atoms with Gasteiger partial charge < -0.3 is 9.73 Å². The lowest BCUT2D eigenvalue weighted by atomic mass is 9.90. The zero-order valence-corrected chi connectivity index (χ0v) is 18.5. The molecular weight excluding hydrogens is 392 g/mol. The zero-order chi connectivity index (χ0) is 20.5. The quantitative estimate of drug-likeness (QED) is 0.697. The second-order valence-corrected chi connectivity index (χ2v) is 10.4. The summed E-state index contributed by atoms with van der Waals surface area (Å²) >= 11 is 2.93. The Morgan fingerprint density at radius 3 is 2.89 bits per heavy atom. The molecule has 0 radical (unpaired) electrons. The first kappa shape index (κ1) is 20.9. The molecule has 2 aromatic heterocycles. The van der Waals surface area contributed by atoms with Crippen LogP contribution in [0.3, 0.4) is 0 Å². The number of nitriles is 1. The van der Waals surface area contributed by atoms with Crippen molar-refractivity contribution in [2.45, 2.75) is 69.9 Å². The van der Waals surface area contributed by atoms with Crippen LogP contribution in [0.2, 0.25) is 0 Å². The summed E-state index contributed by atoms with van der Waals surface area (Å²) in [5, 5.41) is 20.4. The lowest BCUT2D eigenvalue weighted by Crippen LogP contribution is -2.51. The lowest BCUT2D eigenvalue weighted by Gasteiger charge is -2.28. The Kier molecular flexibility index (Phi) is 6.15. The third-order valence-corrected chi connectivity index (χ3v) is 7.52. The summed E-state index contributed by atoms with van der Waals surface area (Å²) in [6.45, 7) is 9.61. The van der Waals surface area contributed by atoms with Gasteiger partial charge >= 0.3 is 0 Å². The van der Waals surface area contributed by atoms with Gasteiger partial charge in [0.15, 0.2) is 0 Å². The summed E-state index contributed by atoms with van der Waals surface area (Å²) in [5.41, 5.74) is 0.488. The molecule has 3 atom stereocenters. The van der Waals surface area contributed by atoms with Crippen molar-refractivity contribution in [1.29, 1.82) is 5.26 Å². The summed E-state index contributed by atoms with van der Waals surface area (Å²) in [7, 11) is 0. The van der Waals surface area contributed by atoms with Crippen molar-refractivity contribution < 1.29 is 9.21 Å².